The molecule has 0 amide bonds. The maximum absolute atomic E-state index is 4.55. The first-order chi connectivity index (χ1) is 4.97. The van der Waals surface area contributed by atoms with E-state index < -0.39 is 0 Å². The average molecular weight is 153 g/mol. The molecule has 50 valence electrons. The van der Waals surface area contributed by atoms with Crippen LogP contribution in [-0.2, 0) is 0 Å². The molecule has 0 fully saturated rings. The van der Waals surface area contributed by atoms with Gasteiger partial charge in [0.15, 0.2) is 6.26 Å². The second-order valence-electron chi connectivity index (χ2n) is 1.70. The summed E-state index contributed by atoms with van der Waals surface area (Å²) in [7, 11) is 0. The molecule has 0 bridgehead atoms. The summed E-state index contributed by atoms with van der Waals surface area (Å²) in [5.41, 5.74) is 1.68. The van der Waals surface area contributed by atoms with Gasteiger partial charge in [-0.25, -0.2) is 4.37 Å². The monoisotopic (exact) mass is 153 g/mol. The van der Waals surface area contributed by atoms with Crippen molar-refractivity contribution in [3.8, 4) is 11.3 Å². The smallest absolute Gasteiger partial charge is 0.152 e. The van der Waals surface area contributed by atoms with Crippen molar-refractivity contribution in [2.24, 2.45) is 0 Å². The number of aromatic nitrogens is 3. The van der Waals surface area contributed by atoms with Gasteiger partial charge in [0.25, 0.3) is 0 Å². The van der Waals surface area contributed by atoms with E-state index in [1.807, 2.05) is 5.38 Å². The van der Waals surface area contributed by atoms with E-state index >= 15 is 0 Å². The molecule has 0 N–H and O–H groups in total. The van der Waals surface area contributed by atoms with Crippen molar-refractivity contribution in [1.29, 1.82) is 0 Å². The van der Waals surface area contributed by atoms with Crippen LogP contribution < -0.4 is 0 Å². The van der Waals surface area contributed by atoms with Crippen molar-refractivity contribution < 1.29 is 4.52 Å². The van der Waals surface area contributed by atoms with Gasteiger partial charge in [-0.15, -0.1) is 5.10 Å². The van der Waals surface area contributed by atoms with Crippen molar-refractivity contribution in [3.63, 3.8) is 0 Å². The highest BCUT2D eigenvalue weighted by molar-refractivity contribution is 7.03. The normalized spacial score (nSPS) is 10.0. The van der Waals surface area contributed by atoms with Gasteiger partial charge in [0, 0.05) is 16.2 Å². The summed E-state index contributed by atoms with van der Waals surface area (Å²) in [6, 6.07) is 0. The quantitative estimate of drug-likeness (QED) is 0.617. The topological polar surface area (TPSA) is 51.8 Å². The molecule has 0 aromatic carbocycles. The number of nitrogens with zero attached hydrogens (tertiary/aromatic N) is 3. The van der Waals surface area contributed by atoms with Crippen molar-refractivity contribution in [2.45, 2.75) is 0 Å². The predicted octanol–water partition coefficient (Wildman–Crippen LogP) is 1.19. The number of hydrogen-bond donors (Lipinski definition) is 0. The lowest BCUT2D eigenvalue weighted by Crippen LogP contribution is -1.71. The molecule has 0 spiro atoms. The summed E-state index contributed by atoms with van der Waals surface area (Å²) >= 11 is 1.38. The number of hydrogen-bond acceptors (Lipinski definition) is 5. The van der Waals surface area contributed by atoms with Gasteiger partial charge in [0.2, 0.25) is 0 Å². The highest BCUT2D eigenvalue weighted by Gasteiger charge is 2.00. The van der Waals surface area contributed by atoms with Crippen molar-refractivity contribution in [1.82, 2.24) is 14.7 Å². The Morgan fingerprint density at radius 3 is 3.10 bits per heavy atom. The van der Waals surface area contributed by atoms with Crippen LogP contribution in [0.15, 0.2) is 22.4 Å². The van der Waals surface area contributed by atoms with Crippen LogP contribution in [0.5, 0.6) is 0 Å². The SMILES string of the molecule is c1nscc1-c1conn1. The Morgan fingerprint density at radius 2 is 2.50 bits per heavy atom. The zero-order chi connectivity index (χ0) is 6.81. The summed E-state index contributed by atoms with van der Waals surface area (Å²) < 4.78 is 8.46. The fourth-order valence-corrected chi connectivity index (χ4v) is 1.15. The predicted molar refractivity (Wildman–Crippen MR) is 35.4 cm³/mol. The van der Waals surface area contributed by atoms with E-state index in [0.717, 1.165) is 11.3 Å². The molecule has 0 aliphatic carbocycles. The highest BCUT2D eigenvalue weighted by Crippen LogP contribution is 2.15. The zero-order valence-electron chi connectivity index (χ0n) is 4.89. The maximum atomic E-state index is 4.55. The largest absolute Gasteiger partial charge is 0.345 e. The first-order valence-electron chi connectivity index (χ1n) is 2.63. The third-order valence-corrected chi connectivity index (χ3v) is 1.67. The third kappa shape index (κ3) is 0.801. The number of rotatable bonds is 1. The minimum Gasteiger partial charge on any atom is -0.345 e. The lowest BCUT2D eigenvalue weighted by molar-refractivity contribution is 0.393. The lowest BCUT2D eigenvalue weighted by atomic mass is 10.3. The van der Waals surface area contributed by atoms with E-state index in [0.29, 0.717) is 0 Å². The minimum absolute atomic E-state index is 0.730. The summed E-state index contributed by atoms with van der Waals surface area (Å²) in [6.07, 6.45) is 3.22. The van der Waals surface area contributed by atoms with Gasteiger partial charge in [-0.3, -0.25) is 0 Å². The van der Waals surface area contributed by atoms with E-state index in [-0.39, 0.29) is 0 Å². The minimum atomic E-state index is 0.730. The first kappa shape index (κ1) is 5.55. The molecule has 0 atom stereocenters. The molecule has 4 nitrogen and oxygen atoms in total. The van der Waals surface area contributed by atoms with Crippen molar-refractivity contribution in [2.75, 3.05) is 0 Å². The molecule has 2 heterocycles. The third-order valence-electron chi connectivity index (χ3n) is 1.09. The van der Waals surface area contributed by atoms with Gasteiger partial charge in [0.1, 0.15) is 5.69 Å². The Balaban J connectivity index is 2.48. The van der Waals surface area contributed by atoms with Crippen LogP contribution in [0.2, 0.25) is 0 Å². The molecule has 0 aliphatic heterocycles. The van der Waals surface area contributed by atoms with E-state index in [2.05, 4.69) is 19.3 Å². The molecule has 5 heteroatoms. The Morgan fingerprint density at radius 1 is 1.50 bits per heavy atom. The van der Waals surface area contributed by atoms with Crippen LogP contribution in [0.3, 0.4) is 0 Å². The fraction of sp³-hybridized carbons (Fsp3) is 0. The summed E-state index contributed by atoms with van der Waals surface area (Å²) in [5, 5.41) is 8.93. The molecule has 0 unspecified atom stereocenters. The molecule has 10 heavy (non-hydrogen) atoms. The zero-order valence-corrected chi connectivity index (χ0v) is 5.71. The van der Waals surface area contributed by atoms with Crippen LogP contribution >= 0.6 is 11.5 Å². The van der Waals surface area contributed by atoms with Crippen LogP contribution in [0.25, 0.3) is 11.3 Å². The summed E-state index contributed by atoms with van der Waals surface area (Å²) in [5.74, 6) is 0. The van der Waals surface area contributed by atoms with Gasteiger partial charge >= 0.3 is 0 Å². The van der Waals surface area contributed by atoms with Gasteiger partial charge in [0.05, 0.1) is 6.20 Å². The van der Waals surface area contributed by atoms with Gasteiger partial charge in [-0.2, -0.15) is 0 Å². The van der Waals surface area contributed by atoms with E-state index in [1.165, 1.54) is 17.8 Å². The molecule has 0 saturated carbocycles. The van der Waals surface area contributed by atoms with Gasteiger partial charge in [-0.05, 0) is 11.5 Å². The Labute approximate surface area is 60.6 Å². The molecule has 2 aromatic heterocycles. The Kier molecular flexibility index (Phi) is 1.21. The highest BCUT2D eigenvalue weighted by atomic mass is 32.1. The van der Waals surface area contributed by atoms with Crippen molar-refractivity contribution in [3.05, 3.63) is 17.8 Å². The van der Waals surface area contributed by atoms with Gasteiger partial charge in [-0.1, -0.05) is 0 Å². The Bertz CT molecular complexity index is 256. The fourth-order valence-electron chi connectivity index (χ4n) is 0.622. The molecular formula is C5H3N3OS. The molecule has 2 aromatic rings. The summed E-state index contributed by atoms with van der Waals surface area (Å²) in [6.45, 7) is 0. The standard InChI is InChI=1S/C5H3N3OS/c1-4(3-10-6-1)5-2-9-8-7-5/h1-3H. The molecule has 0 saturated heterocycles. The van der Waals surface area contributed by atoms with Crippen LogP contribution in [0.1, 0.15) is 0 Å². The van der Waals surface area contributed by atoms with Gasteiger partial charge < -0.3 is 4.52 Å². The van der Waals surface area contributed by atoms with Crippen LogP contribution in [-0.4, -0.2) is 14.7 Å². The second kappa shape index (κ2) is 2.18. The maximum Gasteiger partial charge on any atom is 0.152 e. The van der Waals surface area contributed by atoms with E-state index in [1.54, 1.807) is 6.20 Å². The molecular weight excluding hydrogens is 150 g/mol. The average Bonchev–Trinajstić information content (AvgIpc) is 2.59. The van der Waals surface area contributed by atoms with Crippen LogP contribution in [0, 0.1) is 0 Å². The second-order valence-corrected chi connectivity index (χ2v) is 2.36. The lowest BCUT2D eigenvalue weighted by Gasteiger charge is -1.78. The van der Waals surface area contributed by atoms with Crippen LogP contribution in [0.4, 0.5) is 0 Å². The van der Waals surface area contributed by atoms with Crippen molar-refractivity contribution >= 4 is 11.5 Å². The molecule has 0 radical (unpaired) electrons. The van der Waals surface area contributed by atoms with E-state index in [4.69, 9.17) is 0 Å². The molecule has 0 aliphatic rings. The first-order valence-corrected chi connectivity index (χ1v) is 3.47. The van der Waals surface area contributed by atoms with E-state index in [9.17, 15) is 0 Å². The summed E-state index contributed by atoms with van der Waals surface area (Å²) in [4.78, 5) is 0. The Hall–Kier alpha value is -1.23. The molecule has 2 rings (SSSR count).